The molecule has 0 saturated carbocycles. The van der Waals surface area contributed by atoms with Gasteiger partial charge in [-0.2, -0.15) is 0 Å². The van der Waals surface area contributed by atoms with Crippen molar-refractivity contribution in [2.24, 2.45) is 5.92 Å². The largest absolute Gasteiger partial charge is 0.467 e. The van der Waals surface area contributed by atoms with Crippen molar-refractivity contribution in [3.63, 3.8) is 0 Å². The summed E-state index contributed by atoms with van der Waals surface area (Å²) in [5, 5.41) is 4.90. The van der Waals surface area contributed by atoms with Gasteiger partial charge < -0.3 is 14.6 Å². The molecule has 1 saturated heterocycles. The van der Waals surface area contributed by atoms with Crippen LogP contribution in [0.4, 0.5) is 0 Å². The minimum atomic E-state index is -0.136. The van der Waals surface area contributed by atoms with Crippen LogP contribution in [-0.2, 0) is 4.79 Å². The molecule has 0 bridgehead atoms. The van der Waals surface area contributed by atoms with Crippen molar-refractivity contribution in [2.45, 2.75) is 25.8 Å². The van der Waals surface area contributed by atoms with Crippen LogP contribution in [0.5, 0.6) is 0 Å². The summed E-state index contributed by atoms with van der Waals surface area (Å²) >= 11 is 1.46. The van der Waals surface area contributed by atoms with Gasteiger partial charge in [0.2, 0.25) is 5.91 Å². The summed E-state index contributed by atoms with van der Waals surface area (Å²) in [5.74, 6) is 0.823. The van der Waals surface area contributed by atoms with Gasteiger partial charge in [0.1, 0.15) is 5.76 Å². The topological polar surface area (TPSA) is 62.6 Å². The van der Waals surface area contributed by atoms with E-state index in [0.717, 1.165) is 10.6 Å². The zero-order valence-electron chi connectivity index (χ0n) is 13.0. The van der Waals surface area contributed by atoms with Crippen LogP contribution in [0, 0.1) is 5.92 Å². The monoisotopic (exact) mass is 332 g/mol. The molecule has 0 radical (unpaired) electrons. The summed E-state index contributed by atoms with van der Waals surface area (Å²) in [4.78, 5) is 27.3. The van der Waals surface area contributed by atoms with Crippen LogP contribution in [0.15, 0.2) is 40.3 Å². The molecular formula is C17H20N2O3S. The van der Waals surface area contributed by atoms with Crippen molar-refractivity contribution < 1.29 is 14.0 Å². The van der Waals surface area contributed by atoms with E-state index in [1.165, 1.54) is 11.3 Å². The highest BCUT2D eigenvalue weighted by Crippen LogP contribution is 2.22. The van der Waals surface area contributed by atoms with Gasteiger partial charge in [0.05, 0.1) is 17.2 Å². The van der Waals surface area contributed by atoms with E-state index >= 15 is 0 Å². The number of thiophene rings is 1. The molecule has 1 fully saturated rings. The smallest absolute Gasteiger partial charge is 0.263 e. The lowest BCUT2D eigenvalue weighted by Gasteiger charge is -2.31. The number of carbonyl (C=O) groups is 2. The van der Waals surface area contributed by atoms with Crippen molar-refractivity contribution in [1.29, 1.82) is 0 Å². The molecule has 1 atom stereocenters. The summed E-state index contributed by atoms with van der Waals surface area (Å²) in [6, 6.07) is 7.26. The predicted molar refractivity (Wildman–Crippen MR) is 88.2 cm³/mol. The number of carbonyl (C=O) groups excluding carboxylic acids is 2. The lowest BCUT2D eigenvalue weighted by Crippen LogP contribution is -2.43. The number of hydrogen-bond acceptors (Lipinski definition) is 4. The molecule has 2 aromatic heterocycles. The molecule has 1 N–H and O–H groups in total. The Morgan fingerprint density at radius 2 is 2.09 bits per heavy atom. The van der Waals surface area contributed by atoms with E-state index in [4.69, 9.17) is 4.42 Å². The van der Waals surface area contributed by atoms with Crippen molar-refractivity contribution in [3.05, 3.63) is 46.5 Å². The molecule has 3 rings (SSSR count). The van der Waals surface area contributed by atoms with Gasteiger partial charge in [-0.15, -0.1) is 11.3 Å². The summed E-state index contributed by atoms with van der Waals surface area (Å²) in [6.45, 7) is 3.17. The van der Waals surface area contributed by atoms with E-state index < -0.39 is 0 Å². The second-order valence-electron chi connectivity index (χ2n) is 5.79. The number of furan rings is 1. The Hall–Kier alpha value is -2.08. The summed E-state index contributed by atoms with van der Waals surface area (Å²) in [7, 11) is 0. The molecule has 2 aromatic rings. The summed E-state index contributed by atoms with van der Waals surface area (Å²) in [6.07, 6.45) is 3.01. The Morgan fingerprint density at radius 1 is 1.30 bits per heavy atom. The van der Waals surface area contributed by atoms with Gasteiger partial charge in [-0.3, -0.25) is 9.59 Å². The molecule has 1 unspecified atom stereocenters. The van der Waals surface area contributed by atoms with Crippen LogP contribution in [0.1, 0.15) is 41.2 Å². The maximum atomic E-state index is 12.4. The Kier molecular flexibility index (Phi) is 4.81. The van der Waals surface area contributed by atoms with E-state index in [9.17, 15) is 9.59 Å². The number of nitrogens with one attached hydrogen (secondary N) is 1. The third-order valence-electron chi connectivity index (χ3n) is 4.21. The molecule has 1 aliphatic rings. The van der Waals surface area contributed by atoms with Crippen molar-refractivity contribution in [1.82, 2.24) is 10.2 Å². The molecule has 6 heteroatoms. The fraction of sp³-hybridized carbons (Fsp3) is 0.412. The van der Waals surface area contributed by atoms with Gasteiger partial charge in [-0.25, -0.2) is 0 Å². The highest BCUT2D eigenvalue weighted by atomic mass is 32.1. The zero-order valence-corrected chi connectivity index (χ0v) is 13.8. The Labute approximate surface area is 139 Å². The van der Waals surface area contributed by atoms with E-state index in [1.807, 2.05) is 41.5 Å². The average molecular weight is 332 g/mol. The van der Waals surface area contributed by atoms with Crippen LogP contribution in [0.2, 0.25) is 0 Å². The number of rotatable bonds is 4. The fourth-order valence-electron chi connectivity index (χ4n) is 2.84. The minimum absolute atomic E-state index is 0.0390. The maximum Gasteiger partial charge on any atom is 0.263 e. The fourth-order valence-corrected chi connectivity index (χ4v) is 3.53. The van der Waals surface area contributed by atoms with E-state index in [1.54, 1.807) is 6.26 Å². The third-order valence-corrected chi connectivity index (χ3v) is 5.07. The van der Waals surface area contributed by atoms with Gasteiger partial charge in [-0.05, 0) is 43.3 Å². The van der Waals surface area contributed by atoms with Gasteiger partial charge in [0.25, 0.3) is 5.91 Å². The lowest BCUT2D eigenvalue weighted by molar-refractivity contribution is -0.127. The Morgan fingerprint density at radius 3 is 2.70 bits per heavy atom. The van der Waals surface area contributed by atoms with Crippen LogP contribution in [0.3, 0.4) is 0 Å². The molecule has 23 heavy (non-hydrogen) atoms. The van der Waals surface area contributed by atoms with Crippen molar-refractivity contribution >= 4 is 23.2 Å². The number of amides is 2. The third kappa shape index (κ3) is 3.64. The first kappa shape index (κ1) is 15.8. The molecule has 2 amide bonds. The highest BCUT2D eigenvalue weighted by molar-refractivity contribution is 7.12. The Balaban J connectivity index is 1.50. The van der Waals surface area contributed by atoms with Crippen molar-refractivity contribution in [3.8, 4) is 0 Å². The normalized spacial score (nSPS) is 17.0. The van der Waals surface area contributed by atoms with Crippen molar-refractivity contribution in [2.75, 3.05) is 13.1 Å². The summed E-state index contributed by atoms with van der Waals surface area (Å²) in [5.41, 5.74) is 0. The lowest BCUT2D eigenvalue weighted by atomic mass is 9.95. The quantitative estimate of drug-likeness (QED) is 0.936. The van der Waals surface area contributed by atoms with Crippen LogP contribution >= 0.6 is 11.3 Å². The van der Waals surface area contributed by atoms with Crippen LogP contribution in [-0.4, -0.2) is 29.8 Å². The van der Waals surface area contributed by atoms with Gasteiger partial charge >= 0.3 is 0 Å². The molecule has 0 aliphatic carbocycles. The van der Waals surface area contributed by atoms with Gasteiger partial charge in [-0.1, -0.05) is 6.07 Å². The molecular weight excluding hydrogens is 312 g/mol. The molecule has 122 valence electrons. The maximum absolute atomic E-state index is 12.4. The molecule has 5 nitrogen and oxygen atoms in total. The first-order chi connectivity index (χ1) is 11.1. The van der Waals surface area contributed by atoms with E-state index in [-0.39, 0.29) is 23.8 Å². The minimum Gasteiger partial charge on any atom is -0.467 e. The number of likely N-dealkylation sites (tertiary alicyclic amines) is 1. The van der Waals surface area contributed by atoms with Gasteiger partial charge in [0, 0.05) is 19.0 Å². The van der Waals surface area contributed by atoms with Crippen LogP contribution < -0.4 is 5.32 Å². The molecule has 3 heterocycles. The zero-order chi connectivity index (χ0) is 16.2. The number of piperidine rings is 1. The molecule has 0 spiro atoms. The predicted octanol–water partition coefficient (Wildman–Crippen LogP) is 3.07. The number of hydrogen-bond donors (Lipinski definition) is 1. The first-order valence-electron chi connectivity index (χ1n) is 7.81. The summed E-state index contributed by atoms with van der Waals surface area (Å²) < 4.78 is 5.31. The molecule has 1 aliphatic heterocycles. The average Bonchev–Trinajstić information content (AvgIpc) is 3.27. The van der Waals surface area contributed by atoms with E-state index in [2.05, 4.69) is 5.32 Å². The highest BCUT2D eigenvalue weighted by Gasteiger charge is 2.29. The van der Waals surface area contributed by atoms with Gasteiger partial charge in [0.15, 0.2) is 0 Å². The second kappa shape index (κ2) is 7.00. The molecule has 0 aromatic carbocycles. The van der Waals surface area contributed by atoms with Crippen LogP contribution in [0.25, 0.3) is 0 Å². The second-order valence-corrected chi connectivity index (χ2v) is 6.74. The number of nitrogens with zero attached hydrogens (tertiary/aromatic N) is 1. The standard InChI is InChI=1S/C17H20N2O3S/c1-12(14-4-2-10-22-14)18-16(20)13-6-8-19(9-7-13)17(21)15-5-3-11-23-15/h2-5,10-13H,6-9H2,1H3,(H,18,20). The van der Waals surface area contributed by atoms with E-state index in [0.29, 0.717) is 25.9 Å². The SMILES string of the molecule is CC(NC(=O)C1CCN(C(=O)c2cccs2)CC1)c1ccco1. The Bertz CT molecular complexity index is 643. The first-order valence-corrected chi connectivity index (χ1v) is 8.69.